The second-order valence-corrected chi connectivity index (χ2v) is 13.8. The van der Waals surface area contributed by atoms with E-state index in [1.54, 1.807) is 27.7 Å². The lowest BCUT2D eigenvalue weighted by molar-refractivity contribution is -0.148. The van der Waals surface area contributed by atoms with E-state index in [0.717, 1.165) is 0 Å². The van der Waals surface area contributed by atoms with Gasteiger partial charge in [0.25, 0.3) is 0 Å². The number of aliphatic carboxylic acids is 1. The third-order valence-corrected chi connectivity index (χ3v) is 9.46. The maximum Gasteiger partial charge on any atom is 0.341 e. The minimum atomic E-state index is -3.53. The molecule has 1 heterocycles. The van der Waals surface area contributed by atoms with Gasteiger partial charge in [0.15, 0.2) is 0 Å². The summed E-state index contributed by atoms with van der Waals surface area (Å²) in [5.74, 6) is -2.42. The van der Waals surface area contributed by atoms with Gasteiger partial charge in [0.2, 0.25) is 0 Å². The molecule has 0 aromatic rings. The fraction of sp³-hybridized carbons (Fsp3) is 0.767. The topological polar surface area (TPSA) is 197 Å². The molecular weight excluding hydrogens is 660 g/mol. The molecule has 1 aliphatic rings. The highest BCUT2D eigenvalue weighted by Crippen LogP contribution is 2.50. The van der Waals surface area contributed by atoms with Crippen LogP contribution in [0, 0.1) is 0 Å². The van der Waals surface area contributed by atoms with Gasteiger partial charge in [0.05, 0.1) is 45.3 Å². The molecule has 0 spiro atoms. The van der Waals surface area contributed by atoms with Crippen LogP contribution in [0.5, 0.6) is 0 Å². The SMILES string of the molecule is C=C(C)C(=O)O.C=C(C)C(=O)OCC(O)COC(=O)CP(=O)(OCC)OCC.CCN(CC)CC.CCOP(=O)(CC1CO1)OCC. The van der Waals surface area contributed by atoms with E-state index in [1.807, 2.05) is 0 Å². The van der Waals surface area contributed by atoms with Gasteiger partial charge >= 0.3 is 33.1 Å². The number of aliphatic hydroxyl groups excluding tert-OH is 1. The van der Waals surface area contributed by atoms with Crippen molar-refractivity contribution in [2.75, 3.05) is 78.2 Å². The van der Waals surface area contributed by atoms with Crippen LogP contribution >= 0.6 is 15.2 Å². The molecule has 2 atom stereocenters. The summed E-state index contributed by atoms with van der Waals surface area (Å²) in [5, 5.41) is 17.4. The van der Waals surface area contributed by atoms with Gasteiger partial charge in [0.1, 0.15) is 25.5 Å². The smallest absolute Gasteiger partial charge is 0.341 e. The Morgan fingerprint density at radius 2 is 1.17 bits per heavy atom. The molecule has 0 saturated carbocycles. The molecule has 47 heavy (non-hydrogen) atoms. The molecule has 1 saturated heterocycles. The van der Waals surface area contributed by atoms with Crippen molar-refractivity contribution in [3.8, 4) is 0 Å². The first kappa shape index (κ1) is 49.5. The highest BCUT2D eigenvalue weighted by molar-refractivity contribution is 7.54. The van der Waals surface area contributed by atoms with Gasteiger partial charge in [-0.2, -0.15) is 0 Å². The number of epoxide rings is 1. The van der Waals surface area contributed by atoms with Gasteiger partial charge in [-0.1, -0.05) is 33.9 Å². The minimum absolute atomic E-state index is 0.0916. The van der Waals surface area contributed by atoms with E-state index in [2.05, 4.69) is 38.8 Å². The quantitative estimate of drug-likeness (QED) is 0.0701. The zero-order chi connectivity index (χ0) is 37.1. The van der Waals surface area contributed by atoms with Crippen LogP contribution in [0.4, 0.5) is 0 Å². The second-order valence-electron chi connectivity index (χ2n) is 9.61. The lowest BCUT2D eigenvalue weighted by atomic mass is 10.3. The van der Waals surface area contributed by atoms with Gasteiger partial charge in [-0.15, -0.1) is 0 Å². The predicted octanol–water partition coefficient (Wildman–Crippen LogP) is 4.92. The molecule has 2 N–H and O–H groups in total. The summed E-state index contributed by atoms with van der Waals surface area (Å²) in [6.45, 7) is 27.5. The number of aliphatic hydroxyl groups is 1. The molecule has 0 aromatic carbocycles. The molecule has 1 fully saturated rings. The van der Waals surface area contributed by atoms with Crippen LogP contribution in [-0.4, -0.2) is 123 Å². The summed E-state index contributed by atoms with van der Waals surface area (Å²) in [5.41, 5.74) is 0.369. The van der Waals surface area contributed by atoms with Crippen LogP contribution in [0.3, 0.4) is 0 Å². The number of rotatable bonds is 21. The zero-order valence-corrected chi connectivity index (χ0v) is 31.5. The molecule has 0 bridgehead atoms. The Kier molecular flexibility index (Phi) is 30.5. The Balaban J connectivity index is -0.000000640. The Morgan fingerprint density at radius 3 is 1.47 bits per heavy atom. The van der Waals surface area contributed by atoms with Gasteiger partial charge in [-0.05, 0) is 61.2 Å². The van der Waals surface area contributed by atoms with E-state index in [9.17, 15) is 28.6 Å². The van der Waals surface area contributed by atoms with Crippen molar-refractivity contribution in [2.45, 2.75) is 74.5 Å². The number of hydrogen-bond acceptors (Lipinski definition) is 14. The van der Waals surface area contributed by atoms with Gasteiger partial charge in [-0.3, -0.25) is 13.9 Å². The molecule has 2 unspecified atom stereocenters. The van der Waals surface area contributed by atoms with Crippen molar-refractivity contribution in [2.24, 2.45) is 0 Å². The van der Waals surface area contributed by atoms with Crippen molar-refractivity contribution < 1.29 is 66.0 Å². The molecule has 278 valence electrons. The number of carbonyl (C=O) groups excluding carboxylic acids is 2. The number of carbonyl (C=O) groups is 3. The van der Waals surface area contributed by atoms with Crippen molar-refractivity contribution in [3.63, 3.8) is 0 Å². The van der Waals surface area contributed by atoms with E-state index in [4.69, 9.17) is 37.4 Å². The fourth-order valence-electron chi connectivity index (χ4n) is 2.89. The molecule has 1 aliphatic heterocycles. The van der Waals surface area contributed by atoms with Crippen LogP contribution in [0.2, 0.25) is 0 Å². The highest BCUT2D eigenvalue weighted by atomic mass is 31.2. The first-order chi connectivity index (χ1) is 21.9. The van der Waals surface area contributed by atoms with Crippen molar-refractivity contribution >= 4 is 33.1 Å². The third kappa shape index (κ3) is 29.9. The van der Waals surface area contributed by atoms with Crippen LogP contribution in [-0.2, 0) is 55.8 Å². The lowest BCUT2D eigenvalue weighted by Crippen LogP contribution is -2.26. The molecular formula is C30H59NO14P2. The number of carboxylic acid groups (broad SMARTS) is 1. The summed E-state index contributed by atoms with van der Waals surface area (Å²) in [7, 11) is -6.37. The second kappa shape index (κ2) is 29.0. The summed E-state index contributed by atoms with van der Waals surface area (Å²) in [6, 6.07) is 0. The fourth-order valence-corrected chi connectivity index (χ4v) is 6.12. The van der Waals surface area contributed by atoms with E-state index < -0.39 is 52.0 Å². The molecule has 17 heteroatoms. The molecule has 0 radical (unpaired) electrons. The maximum absolute atomic E-state index is 12.1. The Hall–Kier alpha value is -1.93. The van der Waals surface area contributed by atoms with Crippen molar-refractivity contribution in [1.82, 2.24) is 4.90 Å². The molecule has 0 amide bonds. The van der Waals surface area contributed by atoms with Crippen LogP contribution in [0.25, 0.3) is 0 Å². The predicted molar refractivity (Wildman–Crippen MR) is 180 cm³/mol. The monoisotopic (exact) mass is 719 g/mol. The number of hydrogen-bond donors (Lipinski definition) is 2. The molecule has 0 aromatic heterocycles. The van der Waals surface area contributed by atoms with Gasteiger partial charge < -0.3 is 47.4 Å². The average Bonchev–Trinajstić information content (AvgIpc) is 3.80. The summed E-state index contributed by atoms with van der Waals surface area (Å²) in [6.07, 6.45) is -1.25. The number of ether oxygens (including phenoxy) is 3. The highest BCUT2D eigenvalue weighted by Gasteiger charge is 2.35. The van der Waals surface area contributed by atoms with Gasteiger partial charge in [0, 0.05) is 11.1 Å². The third-order valence-electron chi connectivity index (χ3n) is 5.35. The first-order valence-corrected chi connectivity index (χ1v) is 19.0. The number of nitrogens with zero attached hydrogens (tertiary/aromatic N) is 1. The van der Waals surface area contributed by atoms with E-state index >= 15 is 0 Å². The number of carboxylic acids is 1. The average molecular weight is 720 g/mol. The maximum atomic E-state index is 12.1. The summed E-state index contributed by atoms with van der Waals surface area (Å²) < 4.78 is 58.3. The summed E-state index contributed by atoms with van der Waals surface area (Å²) >= 11 is 0. The van der Waals surface area contributed by atoms with Crippen LogP contribution in [0.15, 0.2) is 24.3 Å². The largest absolute Gasteiger partial charge is 0.478 e. The Bertz CT molecular complexity index is 962. The van der Waals surface area contributed by atoms with Crippen LogP contribution < -0.4 is 0 Å². The van der Waals surface area contributed by atoms with Crippen LogP contribution in [0.1, 0.15) is 62.3 Å². The number of esters is 2. The van der Waals surface area contributed by atoms with E-state index in [1.165, 1.54) is 33.5 Å². The van der Waals surface area contributed by atoms with E-state index in [0.29, 0.717) is 26.0 Å². The minimum Gasteiger partial charge on any atom is -0.478 e. The Labute approximate surface area is 281 Å². The standard InChI is InChI=1S/C13H23O8P.C7H15O4P.C6H15N.C4H6O2/c1-5-20-22(17,21-6-2)9-12(15)18-7-11(14)8-19-13(16)10(3)4;1-3-10-12(8,11-4-2)6-7-5-9-7;1-4-7(5-2)6-3;1-3(2)4(5)6/h11,14H,3,5-9H2,1-2,4H3;7H,3-6H2,1-2H3;4-6H2,1-3H3;1H2,2H3,(H,5,6). The van der Waals surface area contributed by atoms with Crippen molar-refractivity contribution in [1.29, 1.82) is 0 Å². The zero-order valence-electron chi connectivity index (χ0n) is 29.7. The summed E-state index contributed by atoms with van der Waals surface area (Å²) in [4.78, 5) is 34.7. The molecule has 1 rings (SSSR count). The Morgan fingerprint density at radius 1 is 0.787 bits per heavy atom. The normalized spacial score (nSPS) is 14.1. The lowest BCUT2D eigenvalue weighted by Gasteiger charge is -2.17. The molecule has 0 aliphatic carbocycles. The first-order valence-electron chi connectivity index (χ1n) is 15.6. The van der Waals surface area contributed by atoms with Crippen molar-refractivity contribution in [3.05, 3.63) is 24.3 Å². The van der Waals surface area contributed by atoms with E-state index in [-0.39, 0.29) is 37.1 Å². The van der Waals surface area contributed by atoms with Gasteiger partial charge in [-0.25, -0.2) is 9.59 Å². The molecule has 15 nitrogen and oxygen atoms in total.